The number of aliphatic imine (C=N–C) groups is 1. The number of aliphatic hydroxyl groups excluding tert-OH is 1. The van der Waals surface area contributed by atoms with E-state index >= 15 is 0 Å². The highest BCUT2D eigenvalue weighted by Gasteiger charge is 2.24. The first-order valence-electron chi connectivity index (χ1n) is 8.74. The molecule has 1 fully saturated rings. The molecular weight excluding hydrogens is 389 g/mol. The van der Waals surface area contributed by atoms with Crippen molar-refractivity contribution in [1.29, 1.82) is 0 Å². The van der Waals surface area contributed by atoms with Crippen LogP contribution in [0.25, 0.3) is 0 Å². The Morgan fingerprint density at radius 3 is 2.36 bits per heavy atom. The average Bonchev–Trinajstić information content (AvgIpc) is 2.42. The molecule has 5 heteroatoms. The monoisotopic (exact) mass is 425 g/mol. The molecule has 132 valence electrons. The zero-order valence-electron chi connectivity index (χ0n) is 14.8. The molecule has 22 heavy (non-hydrogen) atoms. The maximum Gasteiger partial charge on any atom is 0.193 e. The molecule has 0 aromatic carbocycles. The maximum absolute atomic E-state index is 9.18. The first-order chi connectivity index (χ1) is 10.1. The van der Waals surface area contributed by atoms with Crippen molar-refractivity contribution in [2.24, 2.45) is 22.7 Å². The smallest absolute Gasteiger partial charge is 0.193 e. The van der Waals surface area contributed by atoms with Gasteiger partial charge in [0, 0.05) is 32.8 Å². The number of piperidine rings is 1. The molecule has 2 N–H and O–H groups in total. The van der Waals surface area contributed by atoms with Crippen LogP contribution in [0.15, 0.2) is 4.99 Å². The second kappa shape index (κ2) is 12.4. The molecule has 1 rings (SSSR count). The fourth-order valence-corrected chi connectivity index (χ4v) is 3.39. The van der Waals surface area contributed by atoms with E-state index in [-0.39, 0.29) is 30.6 Å². The fraction of sp³-hybridized carbons (Fsp3) is 0.941. The third-order valence-electron chi connectivity index (χ3n) is 4.24. The minimum Gasteiger partial charge on any atom is -0.396 e. The van der Waals surface area contributed by atoms with Crippen molar-refractivity contribution in [1.82, 2.24) is 10.2 Å². The summed E-state index contributed by atoms with van der Waals surface area (Å²) in [7, 11) is 0. The molecule has 4 nitrogen and oxygen atoms in total. The average molecular weight is 425 g/mol. The Hall–Kier alpha value is -0.0400. The zero-order chi connectivity index (χ0) is 15.7. The van der Waals surface area contributed by atoms with E-state index in [9.17, 15) is 5.11 Å². The minimum atomic E-state index is 0. The molecule has 0 spiro atoms. The number of rotatable bonds is 7. The highest BCUT2D eigenvalue weighted by molar-refractivity contribution is 14.0. The van der Waals surface area contributed by atoms with Gasteiger partial charge in [0.25, 0.3) is 0 Å². The van der Waals surface area contributed by atoms with Gasteiger partial charge in [-0.25, -0.2) is 0 Å². The molecule has 3 unspecified atom stereocenters. The molecular formula is C17H36IN3O. The summed E-state index contributed by atoms with van der Waals surface area (Å²) in [5, 5.41) is 12.6. The molecule has 0 aliphatic carbocycles. The number of nitrogens with one attached hydrogen (secondary N) is 1. The van der Waals surface area contributed by atoms with Crippen LogP contribution in [0, 0.1) is 17.8 Å². The van der Waals surface area contributed by atoms with Crippen LogP contribution in [-0.2, 0) is 0 Å². The Labute approximate surface area is 154 Å². The van der Waals surface area contributed by atoms with E-state index in [1.165, 1.54) is 6.42 Å². The molecule has 0 aromatic rings. The van der Waals surface area contributed by atoms with E-state index in [1.54, 1.807) is 0 Å². The predicted molar refractivity (Wildman–Crippen MR) is 106 cm³/mol. The summed E-state index contributed by atoms with van der Waals surface area (Å²) in [6.07, 6.45) is 4.49. The van der Waals surface area contributed by atoms with Gasteiger partial charge >= 0.3 is 0 Å². The van der Waals surface area contributed by atoms with Crippen LogP contribution in [0.2, 0.25) is 0 Å². The van der Waals surface area contributed by atoms with Gasteiger partial charge in [-0.05, 0) is 43.9 Å². The summed E-state index contributed by atoms with van der Waals surface area (Å²) in [6.45, 7) is 13.2. The number of halogens is 1. The zero-order valence-corrected chi connectivity index (χ0v) is 17.2. The lowest BCUT2D eigenvalue weighted by molar-refractivity contribution is 0.207. The highest BCUT2D eigenvalue weighted by atomic mass is 127. The van der Waals surface area contributed by atoms with Gasteiger partial charge in [0.15, 0.2) is 5.96 Å². The SMILES string of the molecule is CCCC(CCO)CN=C(NCC)N1CC(C)CC(C)C1.I. The second-order valence-corrected chi connectivity index (χ2v) is 6.71. The van der Waals surface area contributed by atoms with Gasteiger partial charge in [-0.3, -0.25) is 4.99 Å². The number of hydrogen-bond donors (Lipinski definition) is 2. The summed E-state index contributed by atoms with van der Waals surface area (Å²) in [5.74, 6) is 3.05. The van der Waals surface area contributed by atoms with Gasteiger partial charge in [-0.2, -0.15) is 0 Å². The van der Waals surface area contributed by atoms with Crippen molar-refractivity contribution in [3.8, 4) is 0 Å². The fourth-order valence-electron chi connectivity index (χ4n) is 3.39. The summed E-state index contributed by atoms with van der Waals surface area (Å²) in [5.41, 5.74) is 0. The van der Waals surface area contributed by atoms with E-state index in [0.717, 1.165) is 63.2 Å². The minimum absolute atomic E-state index is 0. The lowest BCUT2D eigenvalue weighted by Crippen LogP contribution is -2.48. The number of nitrogens with zero attached hydrogens (tertiary/aromatic N) is 2. The quantitative estimate of drug-likeness (QED) is 0.374. The number of likely N-dealkylation sites (tertiary alicyclic amines) is 1. The topological polar surface area (TPSA) is 47.9 Å². The Bertz CT molecular complexity index is 296. The van der Waals surface area contributed by atoms with Gasteiger partial charge in [0.1, 0.15) is 0 Å². The van der Waals surface area contributed by atoms with Crippen molar-refractivity contribution in [2.45, 2.75) is 53.4 Å². The van der Waals surface area contributed by atoms with E-state index in [2.05, 4.69) is 37.9 Å². The van der Waals surface area contributed by atoms with Gasteiger partial charge < -0.3 is 15.3 Å². The van der Waals surface area contributed by atoms with Gasteiger partial charge in [-0.1, -0.05) is 27.2 Å². The molecule has 1 heterocycles. The normalized spacial score (nSPS) is 23.9. The Morgan fingerprint density at radius 1 is 1.23 bits per heavy atom. The summed E-state index contributed by atoms with van der Waals surface area (Å²) in [4.78, 5) is 7.28. The number of hydrogen-bond acceptors (Lipinski definition) is 2. The van der Waals surface area contributed by atoms with Gasteiger partial charge in [-0.15, -0.1) is 24.0 Å². The Morgan fingerprint density at radius 2 is 1.86 bits per heavy atom. The van der Waals surface area contributed by atoms with Crippen molar-refractivity contribution in [3.05, 3.63) is 0 Å². The molecule has 1 saturated heterocycles. The van der Waals surface area contributed by atoms with E-state index in [0.29, 0.717) is 5.92 Å². The third kappa shape index (κ3) is 7.99. The van der Waals surface area contributed by atoms with Crippen LogP contribution < -0.4 is 5.32 Å². The Balaban J connectivity index is 0.00000441. The second-order valence-electron chi connectivity index (χ2n) is 6.71. The first-order valence-corrected chi connectivity index (χ1v) is 8.74. The molecule has 0 amide bonds. The predicted octanol–water partition coefficient (Wildman–Crippen LogP) is 3.35. The van der Waals surface area contributed by atoms with Crippen molar-refractivity contribution < 1.29 is 5.11 Å². The van der Waals surface area contributed by atoms with Crippen molar-refractivity contribution >= 4 is 29.9 Å². The van der Waals surface area contributed by atoms with Crippen LogP contribution in [0.3, 0.4) is 0 Å². The standard InChI is InChI=1S/C17H35N3O.HI/c1-5-7-16(8-9-21)11-19-17(18-6-2)20-12-14(3)10-15(4)13-20;/h14-16,21H,5-13H2,1-4H3,(H,18,19);1H. The van der Waals surface area contributed by atoms with Crippen LogP contribution in [0.4, 0.5) is 0 Å². The third-order valence-corrected chi connectivity index (χ3v) is 4.24. The first kappa shape index (κ1) is 22.0. The summed E-state index contributed by atoms with van der Waals surface area (Å²) < 4.78 is 0. The number of guanidine groups is 1. The summed E-state index contributed by atoms with van der Waals surface area (Å²) in [6, 6.07) is 0. The van der Waals surface area contributed by atoms with Gasteiger partial charge in [0.2, 0.25) is 0 Å². The largest absolute Gasteiger partial charge is 0.396 e. The molecule has 0 aromatic heterocycles. The van der Waals surface area contributed by atoms with E-state index < -0.39 is 0 Å². The van der Waals surface area contributed by atoms with Crippen LogP contribution in [-0.4, -0.2) is 48.8 Å². The molecule has 1 aliphatic heterocycles. The molecule has 1 aliphatic rings. The van der Waals surface area contributed by atoms with Crippen molar-refractivity contribution in [2.75, 3.05) is 32.8 Å². The summed E-state index contributed by atoms with van der Waals surface area (Å²) >= 11 is 0. The molecule has 0 saturated carbocycles. The highest BCUT2D eigenvalue weighted by Crippen LogP contribution is 2.21. The van der Waals surface area contributed by atoms with Gasteiger partial charge in [0.05, 0.1) is 0 Å². The van der Waals surface area contributed by atoms with Crippen LogP contribution in [0.1, 0.15) is 53.4 Å². The molecule has 3 atom stereocenters. The lowest BCUT2D eigenvalue weighted by Gasteiger charge is -2.37. The van der Waals surface area contributed by atoms with E-state index in [4.69, 9.17) is 4.99 Å². The molecule has 0 radical (unpaired) electrons. The maximum atomic E-state index is 9.18. The van der Waals surface area contributed by atoms with Crippen LogP contribution >= 0.6 is 24.0 Å². The lowest BCUT2D eigenvalue weighted by atomic mass is 9.92. The molecule has 0 bridgehead atoms. The number of aliphatic hydroxyl groups is 1. The van der Waals surface area contributed by atoms with Crippen LogP contribution in [0.5, 0.6) is 0 Å². The van der Waals surface area contributed by atoms with E-state index in [1.807, 2.05) is 0 Å². The van der Waals surface area contributed by atoms with Crippen molar-refractivity contribution in [3.63, 3.8) is 0 Å². The Kier molecular flexibility index (Phi) is 12.4.